The number of amides is 2. The minimum absolute atomic E-state index is 0.172. The lowest BCUT2D eigenvalue weighted by Crippen LogP contribution is -2.11. The van der Waals surface area contributed by atoms with Crippen LogP contribution in [0.5, 0.6) is 0 Å². The fourth-order valence-electron chi connectivity index (χ4n) is 2.48. The molecule has 2 aromatic heterocycles. The molecule has 2 heterocycles. The lowest BCUT2D eigenvalue weighted by Gasteiger charge is -2.04. The molecule has 0 fully saturated rings. The number of benzene rings is 2. The standard InChI is InChI=1S/C19H14N4O2S/c24-17(12-5-2-1-3-6-12)21-13-8-9-14-16(11-13)26-19(22-14)23-18(25)15-7-4-10-20-15/h1-11,20H,(H,21,24)(H,22,23,25). The van der Waals surface area contributed by atoms with Gasteiger partial charge < -0.3 is 10.3 Å². The Bertz CT molecular complexity index is 1070. The molecule has 0 atom stereocenters. The van der Waals surface area contributed by atoms with Gasteiger partial charge in [0.2, 0.25) is 0 Å². The van der Waals surface area contributed by atoms with Crippen LogP contribution in [0.25, 0.3) is 10.2 Å². The van der Waals surface area contributed by atoms with Crippen molar-refractivity contribution in [3.05, 3.63) is 78.1 Å². The molecule has 0 unspecified atom stereocenters. The van der Waals surface area contributed by atoms with Crippen molar-refractivity contribution in [3.8, 4) is 0 Å². The summed E-state index contributed by atoms with van der Waals surface area (Å²) < 4.78 is 0.873. The van der Waals surface area contributed by atoms with Gasteiger partial charge in [-0.25, -0.2) is 4.98 Å². The number of carbonyl (C=O) groups is 2. The fourth-order valence-corrected chi connectivity index (χ4v) is 3.38. The molecule has 128 valence electrons. The maximum Gasteiger partial charge on any atom is 0.273 e. The van der Waals surface area contributed by atoms with Crippen LogP contribution in [-0.4, -0.2) is 21.8 Å². The van der Waals surface area contributed by atoms with Crippen LogP contribution in [0, 0.1) is 0 Å². The molecule has 4 rings (SSSR count). The Hall–Kier alpha value is -3.45. The Labute approximate surface area is 152 Å². The first kappa shape index (κ1) is 16.0. The zero-order valence-electron chi connectivity index (χ0n) is 13.5. The molecule has 2 amide bonds. The van der Waals surface area contributed by atoms with E-state index in [4.69, 9.17) is 0 Å². The SMILES string of the molecule is O=C(Nc1ccc2nc(NC(=O)c3ccc[nH]3)sc2c1)c1ccccc1. The van der Waals surface area contributed by atoms with Crippen molar-refractivity contribution >= 4 is 44.2 Å². The van der Waals surface area contributed by atoms with Crippen molar-refractivity contribution in [2.45, 2.75) is 0 Å². The first-order chi connectivity index (χ1) is 12.7. The Morgan fingerprint density at radius 1 is 0.923 bits per heavy atom. The number of rotatable bonds is 4. The van der Waals surface area contributed by atoms with Gasteiger partial charge in [0, 0.05) is 17.4 Å². The minimum atomic E-state index is -0.244. The summed E-state index contributed by atoms with van der Waals surface area (Å²) in [5.74, 6) is -0.415. The Kier molecular flexibility index (Phi) is 4.20. The van der Waals surface area contributed by atoms with Crippen LogP contribution < -0.4 is 10.6 Å². The van der Waals surface area contributed by atoms with Crippen molar-refractivity contribution in [1.82, 2.24) is 9.97 Å². The molecule has 6 nitrogen and oxygen atoms in total. The van der Waals surface area contributed by atoms with Crippen LogP contribution in [0.15, 0.2) is 66.9 Å². The number of hydrogen-bond acceptors (Lipinski definition) is 4. The van der Waals surface area contributed by atoms with Crippen molar-refractivity contribution in [3.63, 3.8) is 0 Å². The first-order valence-electron chi connectivity index (χ1n) is 7.91. The van der Waals surface area contributed by atoms with E-state index in [0.717, 1.165) is 10.2 Å². The van der Waals surface area contributed by atoms with Gasteiger partial charge in [-0.15, -0.1) is 0 Å². The molecule has 0 aliphatic heterocycles. The Balaban J connectivity index is 1.52. The van der Waals surface area contributed by atoms with E-state index in [0.29, 0.717) is 22.1 Å². The third-order valence-corrected chi connectivity index (χ3v) is 4.68. The lowest BCUT2D eigenvalue weighted by atomic mass is 10.2. The van der Waals surface area contributed by atoms with Crippen molar-refractivity contribution in [2.24, 2.45) is 0 Å². The van der Waals surface area contributed by atoms with Crippen LogP contribution in [0.3, 0.4) is 0 Å². The highest BCUT2D eigenvalue weighted by atomic mass is 32.1. The average molecular weight is 362 g/mol. The van der Waals surface area contributed by atoms with Gasteiger partial charge in [0.15, 0.2) is 5.13 Å². The van der Waals surface area contributed by atoms with Crippen molar-refractivity contribution in [2.75, 3.05) is 10.6 Å². The van der Waals surface area contributed by atoms with Gasteiger partial charge in [0.1, 0.15) is 5.69 Å². The summed E-state index contributed by atoms with van der Waals surface area (Å²) in [7, 11) is 0. The quantitative estimate of drug-likeness (QED) is 0.510. The third kappa shape index (κ3) is 3.33. The molecule has 0 saturated heterocycles. The van der Waals surface area contributed by atoms with Gasteiger partial charge in [-0.05, 0) is 42.5 Å². The topological polar surface area (TPSA) is 86.9 Å². The van der Waals surface area contributed by atoms with Crippen LogP contribution in [-0.2, 0) is 0 Å². The lowest BCUT2D eigenvalue weighted by molar-refractivity contribution is 0.101. The van der Waals surface area contributed by atoms with Gasteiger partial charge >= 0.3 is 0 Å². The maximum absolute atomic E-state index is 12.2. The average Bonchev–Trinajstić information content (AvgIpc) is 3.31. The second kappa shape index (κ2) is 6.81. The Morgan fingerprint density at radius 2 is 1.77 bits per heavy atom. The van der Waals surface area contributed by atoms with Gasteiger partial charge in [0.25, 0.3) is 11.8 Å². The van der Waals surface area contributed by atoms with Gasteiger partial charge in [-0.1, -0.05) is 29.5 Å². The second-order valence-corrected chi connectivity index (χ2v) is 6.59. The highest BCUT2D eigenvalue weighted by Gasteiger charge is 2.11. The van der Waals surface area contributed by atoms with E-state index in [-0.39, 0.29) is 11.8 Å². The smallest absolute Gasteiger partial charge is 0.273 e. The number of thiazole rings is 1. The van der Waals surface area contributed by atoms with Crippen LogP contribution in [0.2, 0.25) is 0 Å². The predicted molar refractivity (Wildman–Crippen MR) is 103 cm³/mol. The van der Waals surface area contributed by atoms with Crippen molar-refractivity contribution in [1.29, 1.82) is 0 Å². The van der Waals surface area contributed by atoms with Gasteiger partial charge in [0.05, 0.1) is 10.2 Å². The molecular formula is C19H14N4O2S. The molecule has 0 radical (unpaired) electrons. The molecule has 2 aromatic carbocycles. The number of hydrogen-bond donors (Lipinski definition) is 3. The summed E-state index contributed by atoms with van der Waals surface area (Å²) in [6, 6.07) is 17.9. The van der Waals surface area contributed by atoms with Gasteiger partial charge in [-0.2, -0.15) is 0 Å². The van der Waals surface area contributed by atoms with Gasteiger partial charge in [-0.3, -0.25) is 14.9 Å². The summed E-state index contributed by atoms with van der Waals surface area (Å²) in [4.78, 5) is 31.6. The third-order valence-electron chi connectivity index (χ3n) is 3.75. The molecule has 3 N–H and O–H groups in total. The molecule has 4 aromatic rings. The van der Waals surface area contributed by atoms with Crippen LogP contribution in [0.4, 0.5) is 10.8 Å². The summed E-state index contributed by atoms with van der Waals surface area (Å²) in [5.41, 5.74) is 2.50. The zero-order chi connectivity index (χ0) is 17.9. The number of nitrogens with zero attached hydrogens (tertiary/aromatic N) is 1. The second-order valence-electron chi connectivity index (χ2n) is 5.56. The summed E-state index contributed by atoms with van der Waals surface area (Å²) >= 11 is 1.35. The monoisotopic (exact) mass is 362 g/mol. The number of nitrogens with one attached hydrogen (secondary N) is 3. The molecule has 0 bridgehead atoms. The molecule has 7 heteroatoms. The molecule has 0 aliphatic carbocycles. The predicted octanol–water partition coefficient (Wildman–Crippen LogP) is 4.13. The molecule has 0 spiro atoms. The number of H-pyrrole nitrogens is 1. The van der Waals surface area contributed by atoms with E-state index in [2.05, 4.69) is 20.6 Å². The number of fused-ring (bicyclic) bond motifs is 1. The molecule has 26 heavy (non-hydrogen) atoms. The minimum Gasteiger partial charge on any atom is -0.357 e. The first-order valence-corrected chi connectivity index (χ1v) is 8.72. The number of anilines is 2. The van der Waals surface area contributed by atoms with Crippen molar-refractivity contribution < 1.29 is 9.59 Å². The van der Waals surface area contributed by atoms with E-state index >= 15 is 0 Å². The molecule has 0 aliphatic rings. The Morgan fingerprint density at radius 3 is 2.54 bits per heavy atom. The summed E-state index contributed by atoms with van der Waals surface area (Å²) in [5, 5.41) is 6.15. The number of carbonyl (C=O) groups excluding carboxylic acids is 2. The van der Waals surface area contributed by atoms with E-state index in [1.807, 2.05) is 30.3 Å². The fraction of sp³-hybridized carbons (Fsp3) is 0. The normalized spacial score (nSPS) is 10.6. The van der Waals surface area contributed by atoms with E-state index in [1.165, 1.54) is 11.3 Å². The molecular weight excluding hydrogens is 348 g/mol. The van der Waals surface area contributed by atoms with E-state index < -0.39 is 0 Å². The molecule has 0 saturated carbocycles. The largest absolute Gasteiger partial charge is 0.357 e. The van der Waals surface area contributed by atoms with E-state index in [1.54, 1.807) is 36.5 Å². The summed E-state index contributed by atoms with van der Waals surface area (Å²) in [6.45, 7) is 0. The highest BCUT2D eigenvalue weighted by Crippen LogP contribution is 2.28. The zero-order valence-corrected chi connectivity index (χ0v) is 14.3. The maximum atomic E-state index is 12.2. The number of aromatic nitrogens is 2. The number of aromatic amines is 1. The van der Waals surface area contributed by atoms with Crippen LogP contribution >= 0.6 is 11.3 Å². The van der Waals surface area contributed by atoms with Crippen LogP contribution in [0.1, 0.15) is 20.8 Å². The van der Waals surface area contributed by atoms with E-state index in [9.17, 15) is 9.59 Å². The summed E-state index contributed by atoms with van der Waals surface area (Å²) in [6.07, 6.45) is 1.69. The highest BCUT2D eigenvalue weighted by molar-refractivity contribution is 7.22.